The fourth-order valence-corrected chi connectivity index (χ4v) is 6.09. The molecule has 0 aliphatic carbocycles. The molecule has 0 unspecified atom stereocenters. The predicted molar refractivity (Wildman–Crippen MR) is 138 cm³/mol. The lowest BCUT2D eigenvalue weighted by atomic mass is 9.98. The summed E-state index contributed by atoms with van der Waals surface area (Å²) in [6, 6.07) is 8.84. The van der Waals surface area contributed by atoms with Gasteiger partial charge >= 0.3 is 6.03 Å². The number of halogens is 1. The molecule has 1 saturated heterocycles. The first kappa shape index (κ1) is 22.1. The number of hydrogen-bond acceptors (Lipinski definition) is 3. The number of carbonyl (C=O) groups is 2. The molecule has 7 rings (SSSR count). The first-order valence-corrected chi connectivity index (χ1v) is 12.9. The van der Waals surface area contributed by atoms with E-state index in [1.54, 1.807) is 6.20 Å². The fourth-order valence-electron chi connectivity index (χ4n) is 6.09. The maximum Gasteiger partial charge on any atom is 0.320 e. The quantitative estimate of drug-likeness (QED) is 0.456. The minimum absolute atomic E-state index is 0.0239. The number of urea groups is 1. The zero-order valence-corrected chi connectivity index (χ0v) is 20.4. The van der Waals surface area contributed by atoms with Crippen LogP contribution < -0.4 is 5.32 Å². The number of aromatic nitrogens is 3. The van der Waals surface area contributed by atoms with E-state index in [-0.39, 0.29) is 17.8 Å². The van der Waals surface area contributed by atoms with Crippen LogP contribution in [-0.2, 0) is 17.9 Å². The van der Waals surface area contributed by atoms with Crippen molar-refractivity contribution in [2.24, 2.45) is 0 Å². The van der Waals surface area contributed by atoms with Crippen LogP contribution in [0.4, 0.5) is 9.18 Å². The Bertz CT molecular complexity index is 1610. The molecule has 3 amide bonds. The molecule has 0 atom stereocenters. The van der Waals surface area contributed by atoms with E-state index in [9.17, 15) is 9.59 Å². The number of piperidine rings is 1. The van der Waals surface area contributed by atoms with Gasteiger partial charge in [0.15, 0.2) is 0 Å². The minimum atomic E-state index is -0.371. The van der Waals surface area contributed by atoms with Gasteiger partial charge in [-0.1, -0.05) is 6.07 Å². The van der Waals surface area contributed by atoms with E-state index in [1.807, 2.05) is 44.8 Å². The van der Waals surface area contributed by atoms with Gasteiger partial charge in [0.2, 0.25) is 0 Å². The van der Waals surface area contributed by atoms with Crippen LogP contribution in [0.25, 0.3) is 27.7 Å². The van der Waals surface area contributed by atoms with Gasteiger partial charge in [0.05, 0.1) is 23.0 Å². The van der Waals surface area contributed by atoms with Crippen LogP contribution >= 0.6 is 0 Å². The van der Waals surface area contributed by atoms with Crippen LogP contribution in [0.15, 0.2) is 48.9 Å². The molecular weight excluding hydrogens is 471 g/mol. The van der Waals surface area contributed by atoms with E-state index in [4.69, 9.17) is 0 Å². The number of carbonyl (C=O) groups excluding carboxylic acids is 2. The second-order valence-corrected chi connectivity index (χ2v) is 10.1. The molecule has 6 heterocycles. The molecule has 3 aliphatic rings. The van der Waals surface area contributed by atoms with Crippen LogP contribution in [0, 0.1) is 5.82 Å². The molecule has 1 aromatic carbocycles. The number of benzene rings is 1. The van der Waals surface area contributed by atoms with Crippen LogP contribution in [0.3, 0.4) is 0 Å². The van der Waals surface area contributed by atoms with Crippen molar-refractivity contribution in [1.29, 1.82) is 0 Å². The van der Waals surface area contributed by atoms with Crippen molar-refractivity contribution in [3.63, 3.8) is 0 Å². The molecule has 0 radical (unpaired) electrons. The topological polar surface area (TPSA) is 74.9 Å². The molecule has 0 bridgehead atoms. The zero-order valence-electron chi connectivity index (χ0n) is 20.4. The molecule has 3 aromatic heterocycles. The Hall–Kier alpha value is -4.14. The predicted octanol–water partition coefficient (Wildman–Crippen LogP) is 3.89. The number of nitrogens with one attached hydrogen (secondary N) is 1. The first-order valence-electron chi connectivity index (χ1n) is 12.9. The lowest BCUT2D eigenvalue weighted by Crippen LogP contribution is -2.45. The standard InChI is InChI=1S/C28H27FN6O2/c29-19-12-18-16-34(28(37)32-7-3-1-4-8-32)11-10-33-17-22(20(13-19)26(18)33)25-21(14-31-27(25)36)23-15-30-24-6-2-5-9-35(23)24/h2,5-6,9,12-13,15,17H,1,3-4,7-8,10-11,14,16H2,(H,31,36). The second-order valence-electron chi connectivity index (χ2n) is 10.1. The average Bonchev–Trinajstić information content (AvgIpc) is 3.57. The monoisotopic (exact) mass is 498 g/mol. The normalized spacial score (nSPS) is 18.1. The van der Waals surface area contributed by atoms with Crippen molar-refractivity contribution in [2.45, 2.75) is 32.4 Å². The Morgan fingerprint density at radius 1 is 1.03 bits per heavy atom. The molecule has 4 aromatic rings. The summed E-state index contributed by atoms with van der Waals surface area (Å²) in [6.07, 6.45) is 8.87. The number of pyridine rings is 1. The van der Waals surface area contributed by atoms with Gasteiger partial charge in [-0.25, -0.2) is 14.2 Å². The maximum absolute atomic E-state index is 15.0. The largest absolute Gasteiger partial charge is 0.348 e. The summed E-state index contributed by atoms with van der Waals surface area (Å²) >= 11 is 0. The second kappa shape index (κ2) is 8.47. The number of fused-ring (bicyclic) bond motifs is 1. The molecule has 8 nitrogen and oxygen atoms in total. The Labute approximate surface area is 213 Å². The molecule has 0 saturated carbocycles. The highest BCUT2D eigenvalue weighted by atomic mass is 19.1. The number of amides is 3. The number of hydrogen-bond donors (Lipinski definition) is 1. The third kappa shape index (κ3) is 3.52. The maximum atomic E-state index is 15.0. The van der Waals surface area contributed by atoms with Crippen molar-refractivity contribution in [3.8, 4) is 0 Å². The smallest absolute Gasteiger partial charge is 0.320 e. The summed E-state index contributed by atoms with van der Waals surface area (Å²) in [5.74, 6) is -0.547. The highest BCUT2D eigenvalue weighted by Gasteiger charge is 2.32. The third-order valence-corrected chi connectivity index (χ3v) is 7.84. The summed E-state index contributed by atoms with van der Waals surface area (Å²) < 4.78 is 19.1. The van der Waals surface area contributed by atoms with Gasteiger partial charge < -0.3 is 19.7 Å². The van der Waals surface area contributed by atoms with E-state index in [0.29, 0.717) is 42.7 Å². The Morgan fingerprint density at radius 3 is 2.76 bits per heavy atom. The van der Waals surface area contributed by atoms with Crippen molar-refractivity contribution in [1.82, 2.24) is 29.1 Å². The van der Waals surface area contributed by atoms with Gasteiger partial charge in [-0.3, -0.25) is 9.20 Å². The number of nitrogens with zero attached hydrogens (tertiary/aromatic N) is 5. The van der Waals surface area contributed by atoms with E-state index in [0.717, 1.165) is 60.3 Å². The average molecular weight is 499 g/mol. The van der Waals surface area contributed by atoms with Gasteiger partial charge in [-0.2, -0.15) is 0 Å². The van der Waals surface area contributed by atoms with E-state index < -0.39 is 0 Å². The van der Waals surface area contributed by atoms with Crippen molar-refractivity contribution >= 4 is 39.6 Å². The van der Waals surface area contributed by atoms with Crippen molar-refractivity contribution < 1.29 is 14.0 Å². The van der Waals surface area contributed by atoms with Crippen molar-refractivity contribution in [3.05, 3.63) is 71.6 Å². The van der Waals surface area contributed by atoms with Crippen molar-refractivity contribution in [2.75, 3.05) is 26.2 Å². The lowest BCUT2D eigenvalue weighted by molar-refractivity contribution is -0.114. The van der Waals surface area contributed by atoms with Gasteiger partial charge in [-0.15, -0.1) is 0 Å². The van der Waals surface area contributed by atoms with E-state index >= 15 is 4.39 Å². The van der Waals surface area contributed by atoms with E-state index in [1.165, 1.54) is 12.1 Å². The summed E-state index contributed by atoms with van der Waals surface area (Å²) in [5.41, 5.74) is 5.39. The molecular formula is C28H27FN6O2. The molecule has 3 aliphatic heterocycles. The minimum Gasteiger partial charge on any atom is -0.348 e. The van der Waals surface area contributed by atoms with Gasteiger partial charge in [0.25, 0.3) is 5.91 Å². The van der Waals surface area contributed by atoms with E-state index in [2.05, 4.69) is 14.9 Å². The summed E-state index contributed by atoms with van der Waals surface area (Å²) in [6.45, 7) is 3.39. The number of imidazole rings is 1. The first-order chi connectivity index (χ1) is 18.1. The third-order valence-electron chi connectivity index (χ3n) is 7.84. The van der Waals surface area contributed by atoms with Crippen LogP contribution in [0.5, 0.6) is 0 Å². The molecule has 37 heavy (non-hydrogen) atoms. The Kier molecular flexibility index (Phi) is 5.05. The SMILES string of the molecule is O=C1NCC(c2cnc3ccccn23)=C1c1cn2c3c(cc(F)cc13)CN(C(=O)N1CCCCC1)CC2. The van der Waals surface area contributed by atoms with Gasteiger partial charge in [0, 0.05) is 68.2 Å². The fraction of sp³-hybridized carbons (Fsp3) is 0.321. The van der Waals surface area contributed by atoms with Crippen LogP contribution in [0.2, 0.25) is 0 Å². The van der Waals surface area contributed by atoms with Gasteiger partial charge in [0.1, 0.15) is 11.5 Å². The highest BCUT2D eigenvalue weighted by Crippen LogP contribution is 2.38. The molecule has 1 fully saturated rings. The summed E-state index contributed by atoms with van der Waals surface area (Å²) in [4.78, 5) is 34.7. The molecule has 0 spiro atoms. The number of rotatable bonds is 2. The highest BCUT2D eigenvalue weighted by molar-refractivity contribution is 6.32. The Morgan fingerprint density at radius 2 is 1.89 bits per heavy atom. The lowest BCUT2D eigenvalue weighted by Gasteiger charge is -2.32. The zero-order chi connectivity index (χ0) is 25.1. The summed E-state index contributed by atoms with van der Waals surface area (Å²) in [5, 5.41) is 3.66. The van der Waals surface area contributed by atoms with Crippen LogP contribution in [-0.4, -0.2) is 61.9 Å². The van der Waals surface area contributed by atoms with Crippen LogP contribution in [0.1, 0.15) is 36.1 Å². The van der Waals surface area contributed by atoms with Gasteiger partial charge in [-0.05, 0) is 49.1 Å². The summed E-state index contributed by atoms with van der Waals surface area (Å²) in [7, 11) is 0. The molecule has 9 heteroatoms. The molecule has 1 N–H and O–H groups in total. The Balaban J connectivity index is 1.34. The molecule has 188 valence electrons. The number of likely N-dealkylation sites (tertiary alicyclic amines) is 1.